The maximum atomic E-state index is 11.9. The molecule has 5 nitrogen and oxygen atoms in total. The minimum absolute atomic E-state index is 0.0354. The van der Waals surface area contributed by atoms with Gasteiger partial charge in [0.15, 0.2) is 6.61 Å². The summed E-state index contributed by atoms with van der Waals surface area (Å²) >= 11 is 3.22. The number of halogens is 1. The molecule has 0 radical (unpaired) electrons. The van der Waals surface area contributed by atoms with Crippen LogP contribution in [0.3, 0.4) is 0 Å². The van der Waals surface area contributed by atoms with Gasteiger partial charge in [-0.2, -0.15) is 0 Å². The van der Waals surface area contributed by atoms with Crippen LogP contribution in [0.25, 0.3) is 0 Å². The van der Waals surface area contributed by atoms with Gasteiger partial charge in [-0.3, -0.25) is 4.79 Å². The van der Waals surface area contributed by atoms with Crippen molar-refractivity contribution in [1.82, 2.24) is 5.32 Å². The van der Waals surface area contributed by atoms with Gasteiger partial charge in [-0.1, -0.05) is 35.7 Å². The minimum atomic E-state index is -0.717. The summed E-state index contributed by atoms with van der Waals surface area (Å²) in [6, 6.07) is 4.62. The number of aromatic hydroxyl groups is 1. The molecule has 22 heavy (non-hydrogen) atoms. The normalized spacial score (nSPS) is 21.2. The third-order valence-electron chi connectivity index (χ3n) is 3.97. The first-order valence-electron chi connectivity index (χ1n) is 7.42. The standard InChI is InChI=1S/C16H20BrNO4/c1-10-4-2-3-5-13(10)18-15(20)9-22-16(21)12-8-11(17)6-7-14(12)19/h6-8,10,13,19H,2-5,9H2,1H3,(H,18,20)/t10-,13+/m0/s1. The van der Waals surface area contributed by atoms with Gasteiger partial charge in [-0.05, 0) is 37.0 Å². The Morgan fingerprint density at radius 2 is 2.09 bits per heavy atom. The van der Waals surface area contributed by atoms with Crippen LogP contribution in [-0.2, 0) is 9.53 Å². The highest BCUT2D eigenvalue weighted by molar-refractivity contribution is 9.10. The number of nitrogens with one attached hydrogen (secondary N) is 1. The largest absolute Gasteiger partial charge is 0.507 e. The van der Waals surface area contributed by atoms with E-state index in [0.717, 1.165) is 19.3 Å². The molecule has 2 rings (SSSR count). The molecule has 0 saturated heterocycles. The van der Waals surface area contributed by atoms with Crippen molar-refractivity contribution < 1.29 is 19.4 Å². The number of amides is 1. The number of hydrogen-bond acceptors (Lipinski definition) is 4. The molecule has 0 aliphatic heterocycles. The molecule has 6 heteroatoms. The molecule has 1 aromatic carbocycles. The van der Waals surface area contributed by atoms with Gasteiger partial charge >= 0.3 is 5.97 Å². The zero-order valence-electron chi connectivity index (χ0n) is 12.5. The molecule has 2 N–H and O–H groups in total. The number of ether oxygens (including phenoxy) is 1. The van der Waals surface area contributed by atoms with E-state index in [2.05, 4.69) is 28.2 Å². The van der Waals surface area contributed by atoms with E-state index in [1.54, 1.807) is 6.07 Å². The Hall–Kier alpha value is -1.56. The van der Waals surface area contributed by atoms with E-state index in [0.29, 0.717) is 10.4 Å². The average molecular weight is 370 g/mol. The summed E-state index contributed by atoms with van der Waals surface area (Å²) < 4.78 is 5.62. The fourth-order valence-corrected chi connectivity index (χ4v) is 3.02. The van der Waals surface area contributed by atoms with Crippen molar-refractivity contribution in [3.05, 3.63) is 28.2 Å². The quantitative estimate of drug-likeness (QED) is 0.799. The van der Waals surface area contributed by atoms with Gasteiger partial charge in [0.05, 0.1) is 0 Å². The van der Waals surface area contributed by atoms with Crippen LogP contribution in [0, 0.1) is 5.92 Å². The molecular weight excluding hydrogens is 350 g/mol. The second-order valence-electron chi connectivity index (χ2n) is 5.67. The minimum Gasteiger partial charge on any atom is -0.507 e. The van der Waals surface area contributed by atoms with Crippen LogP contribution < -0.4 is 5.32 Å². The summed E-state index contributed by atoms with van der Waals surface area (Å²) in [4.78, 5) is 23.8. The van der Waals surface area contributed by atoms with Gasteiger partial charge in [-0.15, -0.1) is 0 Å². The number of benzene rings is 1. The van der Waals surface area contributed by atoms with E-state index in [1.165, 1.54) is 18.6 Å². The maximum Gasteiger partial charge on any atom is 0.342 e. The zero-order chi connectivity index (χ0) is 16.1. The van der Waals surface area contributed by atoms with Gasteiger partial charge in [0, 0.05) is 10.5 Å². The number of hydrogen-bond donors (Lipinski definition) is 2. The molecule has 1 aliphatic rings. The molecule has 1 saturated carbocycles. The first-order chi connectivity index (χ1) is 10.5. The van der Waals surface area contributed by atoms with Gasteiger partial charge in [-0.25, -0.2) is 4.79 Å². The van der Waals surface area contributed by atoms with Crippen LogP contribution in [-0.4, -0.2) is 29.6 Å². The van der Waals surface area contributed by atoms with Crippen molar-refractivity contribution in [3.8, 4) is 5.75 Å². The van der Waals surface area contributed by atoms with Gasteiger partial charge in [0.25, 0.3) is 5.91 Å². The van der Waals surface area contributed by atoms with Crippen molar-refractivity contribution in [2.75, 3.05) is 6.61 Å². The summed E-state index contributed by atoms with van der Waals surface area (Å²) in [6.07, 6.45) is 4.38. The van der Waals surface area contributed by atoms with Crippen molar-refractivity contribution >= 4 is 27.8 Å². The molecule has 1 aliphatic carbocycles. The van der Waals surface area contributed by atoms with E-state index >= 15 is 0 Å². The third kappa shape index (κ3) is 4.47. The van der Waals surface area contributed by atoms with E-state index in [-0.39, 0.29) is 29.9 Å². The molecule has 0 heterocycles. The summed E-state index contributed by atoms with van der Waals surface area (Å²) in [6.45, 7) is 1.78. The maximum absolute atomic E-state index is 11.9. The van der Waals surface area contributed by atoms with Crippen LogP contribution >= 0.6 is 15.9 Å². The molecular formula is C16H20BrNO4. The molecule has 2 atom stereocenters. The SMILES string of the molecule is C[C@H]1CCCC[C@H]1NC(=O)COC(=O)c1cc(Br)ccc1O. The summed E-state index contributed by atoms with van der Waals surface area (Å²) in [5, 5.41) is 12.6. The molecule has 0 aromatic heterocycles. The predicted octanol–water partition coefficient (Wildman–Crippen LogP) is 3.01. The van der Waals surface area contributed by atoms with Crippen LogP contribution in [0.5, 0.6) is 5.75 Å². The summed E-state index contributed by atoms with van der Waals surface area (Å²) in [7, 11) is 0. The fourth-order valence-electron chi connectivity index (χ4n) is 2.66. The molecule has 120 valence electrons. The first-order valence-corrected chi connectivity index (χ1v) is 8.21. The summed E-state index contributed by atoms with van der Waals surface area (Å²) in [5.41, 5.74) is 0.0354. The van der Waals surface area contributed by atoms with Gasteiger partial charge in [0.1, 0.15) is 11.3 Å². The highest BCUT2D eigenvalue weighted by Gasteiger charge is 2.23. The van der Waals surface area contributed by atoms with Crippen LogP contribution in [0.4, 0.5) is 0 Å². The average Bonchev–Trinajstić information content (AvgIpc) is 2.49. The zero-order valence-corrected chi connectivity index (χ0v) is 14.1. The highest BCUT2D eigenvalue weighted by atomic mass is 79.9. The van der Waals surface area contributed by atoms with Crippen molar-refractivity contribution in [1.29, 1.82) is 0 Å². The van der Waals surface area contributed by atoms with E-state index in [4.69, 9.17) is 4.74 Å². The Balaban J connectivity index is 1.85. The van der Waals surface area contributed by atoms with Crippen molar-refractivity contribution in [2.24, 2.45) is 5.92 Å². The molecule has 0 bridgehead atoms. The van der Waals surface area contributed by atoms with Crippen LogP contribution in [0.1, 0.15) is 43.0 Å². The Kier molecular flexibility index (Phi) is 5.83. The number of rotatable bonds is 4. The van der Waals surface area contributed by atoms with E-state index in [1.807, 2.05) is 0 Å². The lowest BCUT2D eigenvalue weighted by molar-refractivity contribution is -0.125. The Labute approximate surface area is 138 Å². The Morgan fingerprint density at radius 1 is 1.36 bits per heavy atom. The molecule has 1 aromatic rings. The predicted molar refractivity (Wildman–Crippen MR) is 85.7 cm³/mol. The van der Waals surface area contributed by atoms with Crippen molar-refractivity contribution in [3.63, 3.8) is 0 Å². The lowest BCUT2D eigenvalue weighted by Crippen LogP contribution is -2.42. The highest BCUT2D eigenvalue weighted by Crippen LogP contribution is 2.24. The number of phenolic OH excluding ortho intramolecular Hbond substituents is 1. The summed E-state index contributed by atoms with van der Waals surface area (Å²) in [5.74, 6) is -0.746. The number of esters is 1. The van der Waals surface area contributed by atoms with Gasteiger partial charge in [0.2, 0.25) is 0 Å². The lowest BCUT2D eigenvalue weighted by atomic mass is 9.86. The number of carbonyl (C=O) groups is 2. The topological polar surface area (TPSA) is 75.6 Å². The first kappa shape index (κ1) is 16.8. The Bertz CT molecular complexity index is 561. The molecule has 0 spiro atoms. The molecule has 0 unspecified atom stereocenters. The van der Waals surface area contributed by atoms with E-state index in [9.17, 15) is 14.7 Å². The Morgan fingerprint density at radius 3 is 2.82 bits per heavy atom. The number of phenols is 1. The molecule has 1 fully saturated rings. The monoisotopic (exact) mass is 369 g/mol. The lowest BCUT2D eigenvalue weighted by Gasteiger charge is -2.29. The molecule has 1 amide bonds. The van der Waals surface area contributed by atoms with Crippen molar-refractivity contribution in [2.45, 2.75) is 38.6 Å². The van der Waals surface area contributed by atoms with Crippen LogP contribution in [0.15, 0.2) is 22.7 Å². The third-order valence-corrected chi connectivity index (χ3v) is 4.46. The van der Waals surface area contributed by atoms with Crippen LogP contribution in [0.2, 0.25) is 0 Å². The van der Waals surface area contributed by atoms with E-state index < -0.39 is 5.97 Å². The fraction of sp³-hybridized carbons (Fsp3) is 0.500. The smallest absolute Gasteiger partial charge is 0.342 e. The second-order valence-corrected chi connectivity index (χ2v) is 6.59. The number of carbonyl (C=O) groups excluding carboxylic acids is 2. The second kappa shape index (κ2) is 7.63. The van der Waals surface area contributed by atoms with Gasteiger partial charge < -0.3 is 15.2 Å².